The number of carbonyl (C=O) groups excluding carboxylic acids is 1. The number of alkyl halides is 4. The molecule has 1 nitrogen and oxygen atoms in total. The highest BCUT2D eigenvalue weighted by Crippen LogP contribution is 2.20. The number of aldehydes is 1. The number of rotatable bonds is 1. The van der Waals surface area contributed by atoms with Gasteiger partial charge in [-0.15, -0.1) is 0 Å². The molecule has 1 atom stereocenters. The van der Waals surface area contributed by atoms with Crippen molar-refractivity contribution < 1.29 is 22.4 Å². The second-order valence-electron chi connectivity index (χ2n) is 1.08. The molecule has 0 heterocycles. The van der Waals surface area contributed by atoms with Crippen LogP contribution in [0.5, 0.6) is 0 Å². The molecule has 0 unspecified atom stereocenters. The van der Waals surface area contributed by atoms with Crippen LogP contribution in [-0.4, -0.2) is 18.6 Å². The summed E-state index contributed by atoms with van der Waals surface area (Å²) in [6, 6.07) is 0. The van der Waals surface area contributed by atoms with E-state index in [4.69, 9.17) is 4.79 Å². The monoisotopic (exact) mass is 130 g/mol. The first-order valence-corrected chi connectivity index (χ1v) is 1.64. The molecule has 0 aliphatic rings. The predicted octanol–water partition coefficient (Wildman–Crippen LogP) is 1.09. The summed E-state index contributed by atoms with van der Waals surface area (Å²) in [6.45, 7) is 0. The van der Waals surface area contributed by atoms with Crippen LogP contribution in [0.2, 0.25) is 0 Å². The highest BCUT2D eigenvalue weighted by Gasteiger charge is 2.39. The van der Waals surface area contributed by atoms with Crippen molar-refractivity contribution in [3.63, 3.8) is 0 Å². The van der Waals surface area contributed by atoms with Gasteiger partial charge in [-0.05, 0) is 0 Å². The van der Waals surface area contributed by atoms with Crippen LogP contribution in [-0.2, 0) is 4.79 Å². The molecule has 0 amide bonds. The second-order valence-corrected chi connectivity index (χ2v) is 1.08. The Bertz CT molecular complexity index is 85.8. The van der Waals surface area contributed by atoms with Gasteiger partial charge in [-0.2, -0.15) is 13.2 Å². The molecule has 0 N–H and O–H groups in total. The zero-order chi connectivity index (χ0) is 6.78. The van der Waals surface area contributed by atoms with Gasteiger partial charge < -0.3 is 0 Å². The fourth-order valence-electron chi connectivity index (χ4n) is 0.0772. The molecule has 0 bridgehead atoms. The molecule has 0 aromatic carbocycles. The lowest BCUT2D eigenvalue weighted by Gasteiger charge is -2.02. The lowest BCUT2D eigenvalue weighted by Crippen LogP contribution is -2.25. The Morgan fingerprint density at radius 3 is 1.75 bits per heavy atom. The van der Waals surface area contributed by atoms with Crippen molar-refractivity contribution in [3.8, 4) is 0 Å². The summed E-state index contributed by atoms with van der Waals surface area (Å²) in [5, 5.41) is 0. The summed E-state index contributed by atoms with van der Waals surface area (Å²) < 4.78 is 43.7. The number of carbonyl (C=O) groups is 1. The minimum absolute atomic E-state index is 0.792. The van der Waals surface area contributed by atoms with E-state index in [1.54, 1.807) is 0 Å². The highest BCUT2D eigenvalue weighted by molar-refractivity contribution is 5.56. The predicted molar refractivity (Wildman–Crippen MR) is 17.0 cm³/mol. The Kier molecular flexibility index (Phi) is 1.94. The quantitative estimate of drug-likeness (QED) is 0.383. The van der Waals surface area contributed by atoms with Crippen LogP contribution in [0.25, 0.3) is 0 Å². The molecule has 0 spiro atoms. The Labute approximate surface area is 42.3 Å². The Balaban J connectivity index is 3.80. The molecule has 0 saturated heterocycles. The molecule has 0 rings (SSSR count). The molecular formula is C3H2F4O. The van der Waals surface area contributed by atoms with Crippen LogP contribution < -0.4 is 0 Å². The minimum Gasteiger partial charge on any atom is -0.300 e. The average Bonchev–Trinajstić information content (AvgIpc) is 1.62. The molecule has 0 aliphatic heterocycles. The van der Waals surface area contributed by atoms with Gasteiger partial charge in [0.25, 0.3) is 0 Å². The van der Waals surface area contributed by atoms with E-state index in [1.165, 1.54) is 0 Å². The van der Waals surface area contributed by atoms with E-state index < -0.39 is 18.6 Å². The van der Waals surface area contributed by atoms with E-state index in [1.807, 2.05) is 0 Å². The maximum Gasteiger partial charge on any atom is 0.426 e. The number of halogens is 4. The smallest absolute Gasteiger partial charge is 0.300 e. The molecule has 0 radical (unpaired) electrons. The second kappa shape index (κ2) is 2.11. The summed E-state index contributed by atoms with van der Waals surface area (Å²) in [6.07, 6.45) is -9.15. The molecule has 0 fully saturated rings. The Morgan fingerprint density at radius 1 is 1.38 bits per heavy atom. The van der Waals surface area contributed by atoms with Crippen LogP contribution in [0.1, 0.15) is 0 Å². The molecular weight excluding hydrogens is 128 g/mol. The molecule has 48 valence electrons. The molecule has 0 aliphatic carbocycles. The van der Waals surface area contributed by atoms with Crippen molar-refractivity contribution in [3.05, 3.63) is 0 Å². The first kappa shape index (κ1) is 7.39. The van der Waals surface area contributed by atoms with Crippen LogP contribution in [0.15, 0.2) is 0 Å². The third-order valence-corrected chi connectivity index (χ3v) is 0.432. The van der Waals surface area contributed by atoms with E-state index in [0.29, 0.717) is 0 Å². The first-order chi connectivity index (χ1) is 3.48. The largest absolute Gasteiger partial charge is 0.426 e. The molecule has 5 heteroatoms. The average molecular weight is 130 g/mol. The van der Waals surface area contributed by atoms with Crippen molar-refractivity contribution in [1.29, 1.82) is 0 Å². The van der Waals surface area contributed by atoms with Crippen LogP contribution in [0, 0.1) is 0 Å². The lowest BCUT2D eigenvalue weighted by atomic mass is 10.4. The molecule has 0 aromatic heterocycles. The van der Waals surface area contributed by atoms with Gasteiger partial charge in [-0.25, -0.2) is 4.39 Å². The van der Waals surface area contributed by atoms with Gasteiger partial charge in [0.1, 0.15) is 0 Å². The molecule has 0 saturated carbocycles. The van der Waals surface area contributed by atoms with Gasteiger partial charge in [0, 0.05) is 0 Å². The number of hydrogen-bond donors (Lipinski definition) is 0. The minimum atomic E-state index is -5.03. The summed E-state index contributed by atoms with van der Waals surface area (Å²) in [5.74, 6) is 0. The van der Waals surface area contributed by atoms with Gasteiger partial charge in [0.2, 0.25) is 6.17 Å². The Morgan fingerprint density at radius 2 is 1.75 bits per heavy atom. The zero-order valence-corrected chi connectivity index (χ0v) is 3.57. The fraction of sp³-hybridized carbons (Fsp3) is 0.667. The van der Waals surface area contributed by atoms with Gasteiger partial charge >= 0.3 is 6.18 Å². The topological polar surface area (TPSA) is 17.1 Å². The van der Waals surface area contributed by atoms with Gasteiger partial charge in [0.15, 0.2) is 6.29 Å². The third-order valence-electron chi connectivity index (χ3n) is 0.432. The first-order valence-electron chi connectivity index (χ1n) is 1.64. The maximum absolute atomic E-state index is 11.1. The maximum atomic E-state index is 11.1. The Hall–Kier alpha value is -0.610. The van der Waals surface area contributed by atoms with Gasteiger partial charge in [-0.3, -0.25) is 4.79 Å². The van der Waals surface area contributed by atoms with E-state index in [-0.39, 0.29) is 0 Å². The van der Waals surface area contributed by atoms with Crippen molar-refractivity contribution >= 4 is 6.29 Å². The van der Waals surface area contributed by atoms with Crippen LogP contribution in [0.4, 0.5) is 17.6 Å². The van der Waals surface area contributed by atoms with Crippen molar-refractivity contribution in [2.75, 3.05) is 0 Å². The zero-order valence-electron chi connectivity index (χ0n) is 3.57. The third kappa shape index (κ3) is 1.90. The van der Waals surface area contributed by atoms with Gasteiger partial charge in [0.05, 0.1) is 0 Å². The van der Waals surface area contributed by atoms with Crippen molar-refractivity contribution in [2.24, 2.45) is 0 Å². The standard InChI is InChI=1S/C3H2F4O/c4-2(1-8)3(5,6)7/h1-2H/t2-/m0/s1. The summed E-state index contributed by atoms with van der Waals surface area (Å²) in [4.78, 5) is 9.06. The summed E-state index contributed by atoms with van der Waals surface area (Å²) >= 11 is 0. The number of hydrogen-bond acceptors (Lipinski definition) is 1. The van der Waals surface area contributed by atoms with Crippen molar-refractivity contribution in [1.82, 2.24) is 0 Å². The van der Waals surface area contributed by atoms with Crippen LogP contribution >= 0.6 is 0 Å². The summed E-state index contributed by atoms with van der Waals surface area (Å²) in [7, 11) is 0. The van der Waals surface area contributed by atoms with E-state index in [2.05, 4.69) is 0 Å². The lowest BCUT2D eigenvalue weighted by molar-refractivity contribution is -0.178. The molecule has 8 heavy (non-hydrogen) atoms. The van der Waals surface area contributed by atoms with Crippen LogP contribution in [0.3, 0.4) is 0 Å². The van der Waals surface area contributed by atoms with Gasteiger partial charge in [-0.1, -0.05) is 0 Å². The SMILES string of the molecule is O=C[C@H](F)C(F)(F)F. The highest BCUT2D eigenvalue weighted by atomic mass is 19.4. The molecule has 0 aromatic rings. The summed E-state index contributed by atoms with van der Waals surface area (Å²) in [5.41, 5.74) is 0. The van der Waals surface area contributed by atoms with E-state index in [9.17, 15) is 17.6 Å². The fourth-order valence-corrected chi connectivity index (χ4v) is 0.0772. The van der Waals surface area contributed by atoms with Crippen molar-refractivity contribution in [2.45, 2.75) is 12.3 Å². The van der Waals surface area contributed by atoms with E-state index >= 15 is 0 Å². The van der Waals surface area contributed by atoms with E-state index in [0.717, 1.165) is 0 Å². The normalized spacial score (nSPS) is 15.5.